The Bertz CT molecular complexity index is 859. The highest BCUT2D eigenvalue weighted by atomic mass is 35.5. The maximum absolute atomic E-state index is 11.3. The van der Waals surface area contributed by atoms with E-state index in [1.807, 2.05) is 31.2 Å². The fourth-order valence-corrected chi connectivity index (χ4v) is 4.33. The van der Waals surface area contributed by atoms with Crippen molar-refractivity contribution in [1.29, 1.82) is 0 Å². The quantitative estimate of drug-likeness (QED) is 0.366. The molecule has 2 aromatic carbocycles. The average Bonchev–Trinajstić information content (AvgIpc) is 2.79. The van der Waals surface area contributed by atoms with Gasteiger partial charge < -0.3 is 19.5 Å². The van der Waals surface area contributed by atoms with Crippen LogP contribution in [0, 0.1) is 12.8 Å². The number of halogens is 1. The molecule has 31 heavy (non-hydrogen) atoms. The summed E-state index contributed by atoms with van der Waals surface area (Å²) >= 11 is 6.45. The van der Waals surface area contributed by atoms with E-state index in [2.05, 4.69) is 6.92 Å². The standard InChI is InChI=1S/C25H32ClNO4/c1-3-4-13-23(19-10-8-15-27(16-19)17-28)31-25(29)20-11-7-12-21(26)24(20)30-22-14-6-5-9-18(22)2/h5-7,9,11-12,14,17,19,23,25,29H,3-4,8,10,13,15-16H2,1-2H3/t19-,23+,25?/m1/s1. The Morgan fingerprint density at radius 1 is 1.26 bits per heavy atom. The highest BCUT2D eigenvalue weighted by Gasteiger charge is 2.30. The van der Waals surface area contributed by atoms with Crippen molar-refractivity contribution < 1.29 is 19.4 Å². The van der Waals surface area contributed by atoms with Crippen LogP contribution < -0.4 is 4.74 Å². The Morgan fingerprint density at radius 3 is 2.81 bits per heavy atom. The number of carbonyl (C=O) groups excluding carboxylic acids is 1. The molecule has 0 radical (unpaired) electrons. The number of carbonyl (C=O) groups is 1. The van der Waals surface area contributed by atoms with Crippen LogP contribution in [0.3, 0.4) is 0 Å². The van der Waals surface area contributed by atoms with Crippen LogP contribution in [0.1, 0.15) is 56.4 Å². The van der Waals surface area contributed by atoms with Crippen LogP contribution in [0.5, 0.6) is 11.5 Å². The number of piperidine rings is 1. The second-order valence-electron chi connectivity index (χ2n) is 8.20. The van der Waals surface area contributed by atoms with Crippen LogP contribution in [0.4, 0.5) is 0 Å². The Hall–Kier alpha value is -2.08. The van der Waals surface area contributed by atoms with Crippen molar-refractivity contribution in [2.24, 2.45) is 5.92 Å². The molecule has 0 spiro atoms. The lowest BCUT2D eigenvalue weighted by molar-refractivity contribution is -0.164. The second-order valence-corrected chi connectivity index (χ2v) is 8.60. The van der Waals surface area contributed by atoms with E-state index >= 15 is 0 Å². The lowest BCUT2D eigenvalue weighted by Crippen LogP contribution is -2.41. The van der Waals surface area contributed by atoms with Crippen molar-refractivity contribution in [1.82, 2.24) is 4.90 Å². The number of hydrogen-bond donors (Lipinski definition) is 1. The number of rotatable bonds is 10. The largest absolute Gasteiger partial charge is 0.455 e. The number of likely N-dealkylation sites (tertiary alicyclic amines) is 1. The summed E-state index contributed by atoms with van der Waals surface area (Å²) in [5, 5.41) is 11.5. The summed E-state index contributed by atoms with van der Waals surface area (Å²) in [4.78, 5) is 13.1. The molecular formula is C25H32ClNO4. The van der Waals surface area contributed by atoms with Gasteiger partial charge in [-0.1, -0.05) is 61.7 Å². The molecule has 1 heterocycles. The zero-order valence-corrected chi connectivity index (χ0v) is 19.1. The topological polar surface area (TPSA) is 59.0 Å². The first-order valence-electron chi connectivity index (χ1n) is 11.1. The highest BCUT2D eigenvalue weighted by Crippen LogP contribution is 2.39. The third-order valence-corrected chi connectivity index (χ3v) is 6.18. The number of nitrogens with zero attached hydrogens (tertiary/aromatic N) is 1. The van der Waals surface area contributed by atoms with Crippen LogP contribution in [0.25, 0.3) is 0 Å². The van der Waals surface area contributed by atoms with E-state index in [4.69, 9.17) is 21.1 Å². The molecule has 1 unspecified atom stereocenters. The van der Waals surface area contributed by atoms with Crippen molar-refractivity contribution in [2.45, 2.75) is 58.3 Å². The highest BCUT2D eigenvalue weighted by molar-refractivity contribution is 6.32. The molecule has 0 bridgehead atoms. The normalized spacial score (nSPS) is 18.5. The minimum Gasteiger partial charge on any atom is -0.455 e. The van der Waals surface area contributed by atoms with Gasteiger partial charge in [0.05, 0.1) is 16.7 Å². The minimum atomic E-state index is -1.17. The van der Waals surface area contributed by atoms with Gasteiger partial charge in [-0.3, -0.25) is 4.79 Å². The van der Waals surface area contributed by atoms with Gasteiger partial charge in [0.15, 0.2) is 12.0 Å². The molecule has 1 amide bonds. The van der Waals surface area contributed by atoms with Gasteiger partial charge >= 0.3 is 0 Å². The van der Waals surface area contributed by atoms with Gasteiger partial charge in [0.25, 0.3) is 0 Å². The van der Waals surface area contributed by atoms with Crippen molar-refractivity contribution in [3.05, 3.63) is 58.6 Å². The second kappa shape index (κ2) is 11.5. The predicted octanol–water partition coefficient (Wildman–Crippen LogP) is 5.88. The van der Waals surface area contributed by atoms with E-state index in [0.29, 0.717) is 28.6 Å². The van der Waals surface area contributed by atoms with Crippen LogP contribution >= 0.6 is 11.6 Å². The number of aryl methyl sites for hydroxylation is 1. The average molecular weight is 446 g/mol. The summed E-state index contributed by atoms with van der Waals surface area (Å²) in [5.74, 6) is 1.28. The predicted molar refractivity (Wildman–Crippen MR) is 122 cm³/mol. The van der Waals surface area contributed by atoms with Crippen LogP contribution in [-0.2, 0) is 9.53 Å². The Kier molecular flexibility index (Phi) is 8.76. The first-order chi connectivity index (χ1) is 15.0. The fraction of sp³-hybridized carbons (Fsp3) is 0.480. The Balaban J connectivity index is 1.81. The number of hydrogen-bond acceptors (Lipinski definition) is 4. The molecule has 1 N–H and O–H groups in total. The van der Waals surface area contributed by atoms with Crippen LogP contribution in [0.2, 0.25) is 5.02 Å². The maximum Gasteiger partial charge on any atom is 0.209 e. The van der Waals surface area contributed by atoms with Gasteiger partial charge in [0.1, 0.15) is 5.75 Å². The van der Waals surface area contributed by atoms with E-state index in [-0.39, 0.29) is 12.0 Å². The van der Waals surface area contributed by atoms with E-state index in [1.165, 1.54) is 0 Å². The third-order valence-electron chi connectivity index (χ3n) is 5.88. The molecule has 1 aliphatic heterocycles. The lowest BCUT2D eigenvalue weighted by atomic mass is 9.89. The van der Waals surface area contributed by atoms with Gasteiger partial charge in [-0.05, 0) is 43.9 Å². The van der Waals surface area contributed by atoms with Crippen molar-refractivity contribution >= 4 is 18.0 Å². The molecule has 0 saturated carbocycles. The summed E-state index contributed by atoms with van der Waals surface area (Å²) in [6.45, 7) is 5.54. The number of aliphatic hydroxyl groups excluding tert-OH is 1. The fourth-order valence-electron chi connectivity index (χ4n) is 4.11. The molecular weight excluding hydrogens is 414 g/mol. The SMILES string of the molecule is CCCC[C@H](OC(O)c1cccc(Cl)c1Oc1ccccc1C)[C@@H]1CCCN(C=O)C1. The molecule has 2 aromatic rings. The smallest absolute Gasteiger partial charge is 0.209 e. The molecule has 6 heteroatoms. The molecule has 0 aliphatic carbocycles. The van der Waals surface area contributed by atoms with E-state index in [1.54, 1.807) is 23.1 Å². The van der Waals surface area contributed by atoms with E-state index < -0.39 is 6.29 Å². The molecule has 5 nitrogen and oxygen atoms in total. The summed E-state index contributed by atoms with van der Waals surface area (Å²) < 4.78 is 12.3. The molecule has 1 saturated heterocycles. The number of aliphatic hydroxyl groups is 1. The Morgan fingerprint density at radius 2 is 2.06 bits per heavy atom. The van der Waals surface area contributed by atoms with Crippen molar-refractivity contribution in [3.8, 4) is 11.5 Å². The summed E-state index contributed by atoms with van der Waals surface area (Å²) in [6.07, 6.45) is 4.38. The van der Waals surface area contributed by atoms with Gasteiger partial charge in [0.2, 0.25) is 6.41 Å². The van der Waals surface area contributed by atoms with E-state index in [9.17, 15) is 9.90 Å². The Labute approximate surface area is 189 Å². The minimum absolute atomic E-state index is 0.150. The van der Waals surface area contributed by atoms with E-state index in [0.717, 1.165) is 50.6 Å². The van der Waals surface area contributed by atoms with Gasteiger partial charge in [-0.25, -0.2) is 0 Å². The molecule has 0 aromatic heterocycles. The molecule has 3 rings (SSSR count). The summed E-state index contributed by atoms with van der Waals surface area (Å²) in [7, 11) is 0. The number of ether oxygens (including phenoxy) is 2. The summed E-state index contributed by atoms with van der Waals surface area (Å²) in [6, 6.07) is 13.0. The third kappa shape index (κ3) is 6.22. The number of amides is 1. The van der Waals surface area contributed by atoms with Crippen molar-refractivity contribution in [2.75, 3.05) is 13.1 Å². The van der Waals surface area contributed by atoms with Gasteiger partial charge in [-0.2, -0.15) is 0 Å². The van der Waals surface area contributed by atoms with Crippen LogP contribution in [0.15, 0.2) is 42.5 Å². The van der Waals surface area contributed by atoms with Gasteiger partial charge in [-0.15, -0.1) is 0 Å². The van der Waals surface area contributed by atoms with Gasteiger partial charge in [0, 0.05) is 19.0 Å². The molecule has 1 aliphatic rings. The molecule has 168 valence electrons. The number of unbranched alkanes of at least 4 members (excludes halogenated alkanes) is 1. The zero-order valence-electron chi connectivity index (χ0n) is 18.3. The van der Waals surface area contributed by atoms with Crippen LogP contribution in [-0.4, -0.2) is 35.6 Å². The number of para-hydroxylation sites is 2. The first-order valence-corrected chi connectivity index (χ1v) is 11.5. The first kappa shape index (κ1) is 23.6. The molecule has 1 fully saturated rings. The molecule has 3 atom stereocenters. The van der Waals surface area contributed by atoms with Crippen molar-refractivity contribution in [3.63, 3.8) is 0 Å². The monoisotopic (exact) mass is 445 g/mol. The zero-order chi connectivity index (χ0) is 22.2. The lowest BCUT2D eigenvalue weighted by Gasteiger charge is -2.36. The number of benzene rings is 2. The summed E-state index contributed by atoms with van der Waals surface area (Å²) in [5.41, 5.74) is 1.47. The maximum atomic E-state index is 11.3.